The van der Waals surface area contributed by atoms with Crippen LogP contribution in [0.4, 0.5) is 5.69 Å². The molecule has 0 radical (unpaired) electrons. The van der Waals surface area contributed by atoms with Crippen molar-refractivity contribution in [2.75, 3.05) is 18.0 Å². The van der Waals surface area contributed by atoms with Crippen LogP contribution in [0.5, 0.6) is 0 Å². The highest BCUT2D eigenvalue weighted by Gasteiger charge is 2.12. The number of hydrogen-bond donors (Lipinski definition) is 1. The number of anilines is 1. The second-order valence-corrected chi connectivity index (χ2v) is 4.89. The van der Waals surface area contributed by atoms with Gasteiger partial charge in [-0.15, -0.1) is 0 Å². The van der Waals surface area contributed by atoms with Gasteiger partial charge in [-0.25, -0.2) is 0 Å². The number of hydrogen-bond acceptors (Lipinski definition) is 2. The van der Waals surface area contributed by atoms with Gasteiger partial charge in [-0.2, -0.15) is 0 Å². The summed E-state index contributed by atoms with van der Waals surface area (Å²) in [5.74, 6) is 0.157. The fourth-order valence-electron chi connectivity index (χ4n) is 2.27. The van der Waals surface area contributed by atoms with Crippen LogP contribution in [-0.2, 0) is 11.3 Å². The maximum Gasteiger partial charge on any atom is 0.228 e. The van der Waals surface area contributed by atoms with E-state index in [0.29, 0.717) is 19.5 Å². The molecule has 21 heavy (non-hydrogen) atoms. The number of benzene rings is 2. The summed E-state index contributed by atoms with van der Waals surface area (Å²) >= 11 is 0. The first kappa shape index (κ1) is 15.3. The molecule has 0 saturated heterocycles. The van der Waals surface area contributed by atoms with Crippen molar-refractivity contribution < 1.29 is 4.79 Å². The zero-order valence-electron chi connectivity index (χ0n) is 12.5. The predicted molar refractivity (Wildman–Crippen MR) is 87.2 cm³/mol. The summed E-state index contributed by atoms with van der Waals surface area (Å²) in [5, 5.41) is 3.32. The van der Waals surface area contributed by atoms with Gasteiger partial charge in [-0.1, -0.05) is 48.5 Å². The fraction of sp³-hybridized carbons (Fsp3) is 0.278. The Labute approximate surface area is 126 Å². The highest BCUT2D eigenvalue weighted by Crippen LogP contribution is 2.13. The summed E-state index contributed by atoms with van der Waals surface area (Å²) < 4.78 is 0. The van der Waals surface area contributed by atoms with Crippen molar-refractivity contribution in [3.63, 3.8) is 0 Å². The predicted octanol–water partition coefficient (Wildman–Crippen LogP) is 3.22. The number of nitrogens with zero attached hydrogens (tertiary/aromatic N) is 1. The van der Waals surface area contributed by atoms with Gasteiger partial charge in [-0.3, -0.25) is 4.79 Å². The quantitative estimate of drug-likeness (QED) is 0.791. The van der Waals surface area contributed by atoms with Gasteiger partial charge < -0.3 is 10.2 Å². The molecular formula is C18H22N2O. The van der Waals surface area contributed by atoms with E-state index in [1.54, 1.807) is 0 Å². The molecule has 110 valence electrons. The van der Waals surface area contributed by atoms with E-state index in [0.717, 1.165) is 12.2 Å². The van der Waals surface area contributed by atoms with Crippen molar-refractivity contribution >= 4 is 11.6 Å². The summed E-state index contributed by atoms with van der Waals surface area (Å²) in [7, 11) is 0. The van der Waals surface area contributed by atoms with Crippen molar-refractivity contribution in [1.29, 1.82) is 0 Å². The Kier molecular flexibility index (Phi) is 5.98. The van der Waals surface area contributed by atoms with Gasteiger partial charge in [0, 0.05) is 31.7 Å². The monoisotopic (exact) mass is 282 g/mol. The summed E-state index contributed by atoms with van der Waals surface area (Å²) in [6.45, 7) is 4.19. The van der Waals surface area contributed by atoms with Crippen LogP contribution in [0.25, 0.3) is 0 Å². The molecule has 2 aromatic rings. The molecule has 0 aliphatic carbocycles. The minimum Gasteiger partial charge on any atom is -0.313 e. The van der Waals surface area contributed by atoms with E-state index in [1.807, 2.05) is 60.4 Å². The minimum atomic E-state index is 0.157. The van der Waals surface area contributed by atoms with Gasteiger partial charge >= 0.3 is 0 Å². The van der Waals surface area contributed by atoms with Crippen molar-refractivity contribution in [2.45, 2.75) is 19.9 Å². The first-order valence-electron chi connectivity index (χ1n) is 7.41. The number of para-hydroxylation sites is 1. The normalized spacial score (nSPS) is 10.3. The standard InChI is InChI=1S/C18H22N2O/c1-2-20(17-11-7-4-8-12-17)18(21)13-14-19-15-16-9-5-3-6-10-16/h3-12,19H,2,13-15H2,1H3. The summed E-state index contributed by atoms with van der Waals surface area (Å²) in [4.78, 5) is 14.1. The lowest BCUT2D eigenvalue weighted by Crippen LogP contribution is -2.32. The largest absolute Gasteiger partial charge is 0.313 e. The molecule has 0 aromatic heterocycles. The molecular weight excluding hydrogens is 260 g/mol. The average molecular weight is 282 g/mol. The van der Waals surface area contributed by atoms with Gasteiger partial charge in [-0.05, 0) is 24.6 Å². The lowest BCUT2D eigenvalue weighted by Gasteiger charge is -2.21. The van der Waals surface area contributed by atoms with Crippen LogP contribution in [0.1, 0.15) is 18.9 Å². The molecule has 3 nitrogen and oxygen atoms in total. The van der Waals surface area contributed by atoms with E-state index in [1.165, 1.54) is 5.56 Å². The molecule has 0 heterocycles. The van der Waals surface area contributed by atoms with Crippen LogP contribution < -0.4 is 10.2 Å². The molecule has 0 atom stereocenters. The zero-order valence-corrected chi connectivity index (χ0v) is 12.5. The number of rotatable bonds is 7. The Morgan fingerprint density at radius 3 is 2.24 bits per heavy atom. The lowest BCUT2D eigenvalue weighted by atomic mass is 10.2. The Balaban J connectivity index is 1.78. The van der Waals surface area contributed by atoms with Crippen molar-refractivity contribution in [2.24, 2.45) is 0 Å². The van der Waals surface area contributed by atoms with E-state index in [9.17, 15) is 4.79 Å². The van der Waals surface area contributed by atoms with E-state index in [2.05, 4.69) is 17.4 Å². The highest BCUT2D eigenvalue weighted by atomic mass is 16.2. The lowest BCUT2D eigenvalue weighted by molar-refractivity contribution is -0.118. The van der Waals surface area contributed by atoms with Crippen LogP contribution in [0.15, 0.2) is 60.7 Å². The number of nitrogens with one attached hydrogen (secondary N) is 1. The fourth-order valence-corrected chi connectivity index (χ4v) is 2.27. The Morgan fingerprint density at radius 1 is 1.00 bits per heavy atom. The molecule has 1 N–H and O–H groups in total. The maximum absolute atomic E-state index is 12.3. The van der Waals surface area contributed by atoms with E-state index < -0.39 is 0 Å². The van der Waals surface area contributed by atoms with Crippen LogP contribution in [-0.4, -0.2) is 19.0 Å². The van der Waals surface area contributed by atoms with Crippen molar-refractivity contribution in [1.82, 2.24) is 5.32 Å². The van der Waals surface area contributed by atoms with Gasteiger partial charge in [0.1, 0.15) is 0 Å². The van der Waals surface area contributed by atoms with Crippen molar-refractivity contribution in [3.05, 3.63) is 66.2 Å². The third-order valence-corrected chi connectivity index (χ3v) is 3.37. The summed E-state index contributed by atoms with van der Waals surface area (Å²) in [6, 6.07) is 20.0. The molecule has 0 fully saturated rings. The molecule has 0 spiro atoms. The third kappa shape index (κ3) is 4.72. The molecule has 3 heteroatoms. The zero-order chi connectivity index (χ0) is 14.9. The Bertz CT molecular complexity index is 540. The second-order valence-electron chi connectivity index (χ2n) is 4.89. The van der Waals surface area contributed by atoms with Crippen LogP contribution in [0.3, 0.4) is 0 Å². The first-order valence-corrected chi connectivity index (χ1v) is 7.41. The van der Waals surface area contributed by atoms with Gasteiger partial charge in [0.05, 0.1) is 0 Å². The van der Waals surface area contributed by atoms with E-state index >= 15 is 0 Å². The van der Waals surface area contributed by atoms with Gasteiger partial charge in [0.2, 0.25) is 5.91 Å². The first-order chi connectivity index (χ1) is 10.3. The third-order valence-electron chi connectivity index (χ3n) is 3.37. The van der Waals surface area contributed by atoms with Crippen LogP contribution in [0.2, 0.25) is 0 Å². The molecule has 0 bridgehead atoms. The molecule has 1 amide bonds. The average Bonchev–Trinajstić information content (AvgIpc) is 2.54. The topological polar surface area (TPSA) is 32.3 Å². The van der Waals surface area contributed by atoms with Crippen LogP contribution >= 0.6 is 0 Å². The van der Waals surface area contributed by atoms with Gasteiger partial charge in [0.25, 0.3) is 0 Å². The molecule has 0 saturated carbocycles. The Morgan fingerprint density at radius 2 is 1.62 bits per heavy atom. The second kappa shape index (κ2) is 8.22. The van der Waals surface area contributed by atoms with Crippen molar-refractivity contribution in [3.8, 4) is 0 Å². The number of amides is 1. The SMILES string of the molecule is CCN(C(=O)CCNCc1ccccc1)c1ccccc1. The van der Waals surface area contributed by atoms with Gasteiger partial charge in [0.15, 0.2) is 0 Å². The maximum atomic E-state index is 12.3. The highest BCUT2D eigenvalue weighted by molar-refractivity contribution is 5.93. The molecule has 2 aromatic carbocycles. The number of carbonyl (C=O) groups is 1. The number of carbonyl (C=O) groups excluding carboxylic acids is 1. The molecule has 0 aliphatic rings. The van der Waals surface area contributed by atoms with Crippen LogP contribution in [0, 0.1) is 0 Å². The smallest absolute Gasteiger partial charge is 0.228 e. The van der Waals surface area contributed by atoms with E-state index in [-0.39, 0.29) is 5.91 Å². The van der Waals surface area contributed by atoms with E-state index in [4.69, 9.17) is 0 Å². The minimum absolute atomic E-state index is 0.157. The summed E-state index contributed by atoms with van der Waals surface area (Å²) in [5.41, 5.74) is 2.20. The molecule has 2 rings (SSSR count). The Hall–Kier alpha value is -2.13. The summed E-state index contributed by atoms with van der Waals surface area (Å²) in [6.07, 6.45) is 0.509. The molecule has 0 aliphatic heterocycles. The molecule has 0 unspecified atom stereocenters.